The highest BCUT2D eigenvalue weighted by Gasteiger charge is 2.12. The first kappa shape index (κ1) is 24.0. The van der Waals surface area contributed by atoms with E-state index in [-0.39, 0.29) is 18.3 Å². The summed E-state index contributed by atoms with van der Waals surface area (Å²) >= 11 is 0. The number of guanidine groups is 1. The third kappa shape index (κ3) is 8.35. The Morgan fingerprint density at radius 2 is 1.79 bits per heavy atom. The molecule has 0 saturated carbocycles. The van der Waals surface area contributed by atoms with Gasteiger partial charge in [-0.25, -0.2) is 13.1 Å². The van der Waals surface area contributed by atoms with Crippen LogP contribution in [0.25, 0.3) is 0 Å². The summed E-state index contributed by atoms with van der Waals surface area (Å²) in [7, 11) is -3.20. The lowest BCUT2D eigenvalue weighted by atomic mass is 10.1. The van der Waals surface area contributed by atoms with Crippen molar-refractivity contribution in [3.05, 3.63) is 23.8 Å². The van der Waals surface area contributed by atoms with Crippen molar-refractivity contribution in [1.29, 1.82) is 0 Å². The smallest absolute Gasteiger partial charge is 0.211 e. The van der Waals surface area contributed by atoms with E-state index in [0.29, 0.717) is 38.0 Å². The number of ether oxygens (including phenoxy) is 2. The molecule has 1 aromatic rings. The summed E-state index contributed by atoms with van der Waals surface area (Å²) in [5.74, 6) is 2.12. The molecule has 1 unspecified atom stereocenters. The molecule has 0 saturated heterocycles. The molecule has 1 aromatic carbocycles. The Morgan fingerprint density at radius 3 is 2.39 bits per heavy atom. The molecular formula is C19H34N4O4S. The van der Waals surface area contributed by atoms with Gasteiger partial charge in [-0.1, -0.05) is 6.07 Å². The predicted molar refractivity (Wildman–Crippen MR) is 114 cm³/mol. The van der Waals surface area contributed by atoms with E-state index in [4.69, 9.17) is 9.47 Å². The Labute approximate surface area is 169 Å². The van der Waals surface area contributed by atoms with Gasteiger partial charge in [0, 0.05) is 13.1 Å². The third-order valence-corrected chi connectivity index (χ3v) is 5.25. The lowest BCUT2D eigenvalue weighted by Gasteiger charge is -2.20. The zero-order chi connectivity index (χ0) is 21.0. The van der Waals surface area contributed by atoms with Gasteiger partial charge >= 0.3 is 0 Å². The Morgan fingerprint density at radius 1 is 1.11 bits per heavy atom. The second-order valence-electron chi connectivity index (χ2n) is 6.00. The van der Waals surface area contributed by atoms with E-state index in [9.17, 15) is 8.42 Å². The number of aliphatic imine (C=N–C) groups is 1. The molecule has 0 heterocycles. The first-order chi connectivity index (χ1) is 13.4. The fourth-order valence-electron chi connectivity index (χ4n) is 2.42. The van der Waals surface area contributed by atoms with Crippen LogP contribution < -0.4 is 24.8 Å². The predicted octanol–water partition coefficient (Wildman–Crippen LogP) is 2.04. The number of nitrogens with zero attached hydrogens (tertiary/aromatic N) is 1. The zero-order valence-electron chi connectivity index (χ0n) is 17.5. The van der Waals surface area contributed by atoms with E-state index in [1.807, 2.05) is 45.9 Å². The molecule has 0 amide bonds. The largest absolute Gasteiger partial charge is 0.490 e. The quantitative estimate of drug-likeness (QED) is 0.275. The summed E-state index contributed by atoms with van der Waals surface area (Å²) < 4.78 is 36.8. The average Bonchev–Trinajstić information content (AvgIpc) is 2.67. The molecule has 0 bridgehead atoms. The van der Waals surface area contributed by atoms with Crippen LogP contribution in [0.5, 0.6) is 11.5 Å². The highest BCUT2D eigenvalue weighted by molar-refractivity contribution is 7.89. The summed E-state index contributed by atoms with van der Waals surface area (Å²) in [6, 6.07) is 5.83. The molecule has 0 aliphatic rings. The van der Waals surface area contributed by atoms with E-state index in [2.05, 4.69) is 20.3 Å². The van der Waals surface area contributed by atoms with Crippen LogP contribution in [-0.2, 0) is 10.0 Å². The van der Waals surface area contributed by atoms with Crippen molar-refractivity contribution in [3.63, 3.8) is 0 Å². The van der Waals surface area contributed by atoms with Crippen LogP contribution in [0.4, 0.5) is 0 Å². The summed E-state index contributed by atoms with van der Waals surface area (Å²) in [6.45, 7) is 11.9. The number of benzene rings is 1. The first-order valence-corrected chi connectivity index (χ1v) is 11.4. The van der Waals surface area contributed by atoms with E-state index >= 15 is 0 Å². The standard InChI is InChI=1S/C19H34N4O4S/c1-6-20-19(21-12-13-22-28(24,25)9-4)23-15(5)16-10-11-17(26-7-2)18(14-16)27-8-3/h10-11,14-15,22H,6-9,12-13H2,1-5H3,(H2,20,21,23). The first-order valence-electron chi connectivity index (χ1n) is 9.78. The monoisotopic (exact) mass is 414 g/mol. The Bertz CT molecular complexity index is 723. The van der Waals surface area contributed by atoms with Crippen molar-refractivity contribution in [2.24, 2.45) is 4.99 Å². The maximum atomic E-state index is 11.5. The van der Waals surface area contributed by atoms with Gasteiger partial charge in [0.15, 0.2) is 17.5 Å². The van der Waals surface area contributed by atoms with Gasteiger partial charge in [0.25, 0.3) is 0 Å². The molecule has 160 valence electrons. The molecule has 0 spiro atoms. The molecule has 8 nitrogen and oxygen atoms in total. The van der Waals surface area contributed by atoms with Crippen LogP contribution in [-0.4, -0.2) is 53.0 Å². The lowest BCUT2D eigenvalue weighted by Crippen LogP contribution is -2.39. The van der Waals surface area contributed by atoms with Crippen LogP contribution in [0, 0.1) is 0 Å². The SMILES string of the molecule is CCNC(=NCCNS(=O)(=O)CC)NC(C)c1ccc(OCC)c(OCC)c1. The van der Waals surface area contributed by atoms with Gasteiger partial charge in [-0.05, 0) is 52.3 Å². The van der Waals surface area contributed by atoms with Gasteiger partial charge in [0.05, 0.1) is 31.6 Å². The second-order valence-corrected chi connectivity index (χ2v) is 8.09. The van der Waals surface area contributed by atoms with Crippen molar-refractivity contribution < 1.29 is 17.9 Å². The number of hydrogen-bond acceptors (Lipinski definition) is 5. The van der Waals surface area contributed by atoms with E-state index in [1.165, 1.54) is 0 Å². The van der Waals surface area contributed by atoms with Crippen LogP contribution >= 0.6 is 0 Å². The highest BCUT2D eigenvalue weighted by Crippen LogP contribution is 2.30. The molecule has 9 heteroatoms. The molecule has 1 rings (SSSR count). The van der Waals surface area contributed by atoms with Gasteiger partial charge in [0.2, 0.25) is 10.0 Å². The number of sulfonamides is 1. The van der Waals surface area contributed by atoms with Crippen LogP contribution in [0.3, 0.4) is 0 Å². The highest BCUT2D eigenvalue weighted by atomic mass is 32.2. The fourth-order valence-corrected chi connectivity index (χ4v) is 3.02. The van der Waals surface area contributed by atoms with Crippen LogP contribution in [0.1, 0.15) is 46.2 Å². The molecule has 0 aliphatic carbocycles. The minimum absolute atomic E-state index is 0.0278. The van der Waals surface area contributed by atoms with E-state index < -0.39 is 10.0 Å². The molecular weight excluding hydrogens is 380 g/mol. The Kier molecular flexibility index (Phi) is 10.7. The van der Waals surface area contributed by atoms with Crippen molar-refractivity contribution >= 4 is 16.0 Å². The topological polar surface area (TPSA) is 101 Å². The maximum Gasteiger partial charge on any atom is 0.211 e. The molecule has 0 fully saturated rings. The fraction of sp³-hybridized carbons (Fsp3) is 0.632. The minimum Gasteiger partial charge on any atom is -0.490 e. The summed E-state index contributed by atoms with van der Waals surface area (Å²) in [5.41, 5.74) is 1.03. The third-order valence-electron chi connectivity index (χ3n) is 3.85. The van der Waals surface area contributed by atoms with Crippen molar-refractivity contribution in [2.45, 2.75) is 40.7 Å². The van der Waals surface area contributed by atoms with Gasteiger partial charge in [-0.2, -0.15) is 0 Å². The molecule has 0 aliphatic heterocycles. The molecule has 3 N–H and O–H groups in total. The molecule has 0 aromatic heterocycles. The molecule has 1 atom stereocenters. The van der Waals surface area contributed by atoms with Gasteiger partial charge in [-0.15, -0.1) is 0 Å². The summed E-state index contributed by atoms with van der Waals surface area (Å²) in [6.07, 6.45) is 0. The van der Waals surface area contributed by atoms with Crippen LogP contribution in [0.2, 0.25) is 0 Å². The Hall–Kier alpha value is -2.00. The molecule has 0 radical (unpaired) electrons. The summed E-state index contributed by atoms with van der Waals surface area (Å²) in [4.78, 5) is 4.43. The van der Waals surface area contributed by atoms with E-state index in [1.54, 1.807) is 6.92 Å². The Balaban J connectivity index is 2.80. The number of rotatable bonds is 12. The lowest BCUT2D eigenvalue weighted by molar-refractivity contribution is 0.287. The average molecular weight is 415 g/mol. The number of nitrogens with one attached hydrogen (secondary N) is 3. The van der Waals surface area contributed by atoms with Gasteiger partial charge < -0.3 is 20.1 Å². The normalized spacial score (nSPS) is 13.1. The minimum atomic E-state index is -3.20. The van der Waals surface area contributed by atoms with Gasteiger partial charge in [-0.3, -0.25) is 4.99 Å². The second kappa shape index (κ2) is 12.5. The van der Waals surface area contributed by atoms with E-state index in [0.717, 1.165) is 11.3 Å². The van der Waals surface area contributed by atoms with Crippen molar-refractivity contribution in [2.75, 3.05) is 38.6 Å². The maximum absolute atomic E-state index is 11.5. The number of hydrogen-bond donors (Lipinski definition) is 3. The van der Waals surface area contributed by atoms with Gasteiger partial charge in [0.1, 0.15) is 0 Å². The molecule has 28 heavy (non-hydrogen) atoms. The van der Waals surface area contributed by atoms with Crippen molar-refractivity contribution in [3.8, 4) is 11.5 Å². The zero-order valence-corrected chi connectivity index (χ0v) is 18.4. The summed E-state index contributed by atoms with van der Waals surface area (Å²) in [5, 5.41) is 6.50. The van der Waals surface area contributed by atoms with Crippen molar-refractivity contribution in [1.82, 2.24) is 15.4 Å². The van der Waals surface area contributed by atoms with Crippen LogP contribution in [0.15, 0.2) is 23.2 Å².